The van der Waals surface area contributed by atoms with E-state index in [4.69, 9.17) is 0 Å². The van der Waals surface area contributed by atoms with Crippen LogP contribution in [0.1, 0.15) is 24.8 Å². The molecule has 144 valence electrons. The maximum atomic E-state index is 14.1. The standard InChI is InChI=1S/C19H30FN5O/c1-21-18(26)12-14-7-9-25(10-8-14)19(22-2)23-13-15-5-6-17(24(3)4)16(20)11-15/h5-6,11,14H,7-10,12-13H2,1-4H3,(H,21,26)(H,22,23). The zero-order chi connectivity index (χ0) is 19.1. The summed E-state index contributed by atoms with van der Waals surface area (Å²) in [6.07, 6.45) is 2.54. The van der Waals surface area contributed by atoms with E-state index in [1.165, 1.54) is 0 Å². The predicted octanol–water partition coefficient (Wildman–Crippen LogP) is 1.82. The van der Waals surface area contributed by atoms with Crippen LogP contribution in [0.4, 0.5) is 10.1 Å². The van der Waals surface area contributed by atoms with Gasteiger partial charge in [0.1, 0.15) is 5.82 Å². The predicted molar refractivity (Wildman–Crippen MR) is 104 cm³/mol. The number of anilines is 1. The monoisotopic (exact) mass is 363 g/mol. The lowest BCUT2D eigenvalue weighted by atomic mass is 9.93. The molecule has 6 nitrogen and oxygen atoms in total. The Morgan fingerprint density at radius 1 is 1.35 bits per heavy atom. The number of carbonyl (C=O) groups excluding carboxylic acids is 1. The summed E-state index contributed by atoms with van der Waals surface area (Å²) in [6.45, 7) is 2.26. The molecular formula is C19H30FN5O. The first-order chi connectivity index (χ1) is 12.4. The molecule has 1 aliphatic rings. The van der Waals surface area contributed by atoms with Gasteiger partial charge in [0.05, 0.1) is 5.69 Å². The average molecular weight is 363 g/mol. The van der Waals surface area contributed by atoms with Crippen molar-refractivity contribution < 1.29 is 9.18 Å². The van der Waals surface area contributed by atoms with E-state index in [1.54, 1.807) is 31.1 Å². The Hall–Kier alpha value is -2.31. The normalized spacial score (nSPS) is 15.7. The van der Waals surface area contributed by atoms with Crippen LogP contribution in [0, 0.1) is 11.7 Å². The molecule has 0 radical (unpaired) electrons. The van der Waals surface area contributed by atoms with E-state index in [0.29, 0.717) is 24.6 Å². The van der Waals surface area contributed by atoms with Gasteiger partial charge in [-0.05, 0) is 36.5 Å². The summed E-state index contributed by atoms with van der Waals surface area (Å²) in [6, 6.07) is 5.28. The Morgan fingerprint density at radius 2 is 2.04 bits per heavy atom. The molecule has 0 bridgehead atoms. The Bertz CT molecular complexity index is 639. The second kappa shape index (κ2) is 9.40. The van der Waals surface area contributed by atoms with Gasteiger partial charge in [0.25, 0.3) is 0 Å². The highest BCUT2D eigenvalue weighted by Gasteiger charge is 2.23. The Labute approximate surface area is 155 Å². The Morgan fingerprint density at radius 3 is 2.58 bits per heavy atom. The highest BCUT2D eigenvalue weighted by molar-refractivity contribution is 5.80. The van der Waals surface area contributed by atoms with Gasteiger partial charge < -0.3 is 20.4 Å². The highest BCUT2D eigenvalue weighted by atomic mass is 19.1. The molecule has 0 atom stereocenters. The third-order valence-electron chi connectivity index (χ3n) is 4.82. The molecule has 1 fully saturated rings. The van der Waals surface area contributed by atoms with Gasteiger partial charge in [-0.25, -0.2) is 4.39 Å². The number of nitrogens with zero attached hydrogens (tertiary/aromatic N) is 3. The number of guanidine groups is 1. The number of benzene rings is 1. The SMILES string of the molecule is CN=C(NCc1ccc(N(C)C)c(F)c1)N1CCC(CC(=O)NC)CC1. The zero-order valence-electron chi connectivity index (χ0n) is 16.2. The Balaban J connectivity index is 1.87. The van der Waals surface area contributed by atoms with E-state index in [-0.39, 0.29) is 11.7 Å². The van der Waals surface area contributed by atoms with Gasteiger partial charge in [-0.2, -0.15) is 0 Å². The van der Waals surface area contributed by atoms with Crippen LogP contribution >= 0.6 is 0 Å². The number of halogens is 1. The van der Waals surface area contributed by atoms with Gasteiger partial charge in [-0.1, -0.05) is 6.07 Å². The summed E-state index contributed by atoms with van der Waals surface area (Å²) in [5.74, 6) is 1.13. The van der Waals surface area contributed by atoms with E-state index in [2.05, 4.69) is 20.5 Å². The minimum absolute atomic E-state index is 0.106. The summed E-state index contributed by atoms with van der Waals surface area (Å²) in [5.41, 5.74) is 1.46. The van der Waals surface area contributed by atoms with Crippen molar-refractivity contribution in [2.24, 2.45) is 10.9 Å². The Kier molecular flexibility index (Phi) is 7.24. The lowest BCUT2D eigenvalue weighted by Gasteiger charge is -2.34. The molecule has 0 unspecified atom stereocenters. The van der Waals surface area contributed by atoms with Gasteiger partial charge in [0.15, 0.2) is 5.96 Å². The zero-order valence-corrected chi connectivity index (χ0v) is 16.2. The van der Waals surface area contributed by atoms with Crippen molar-refractivity contribution in [2.45, 2.75) is 25.8 Å². The van der Waals surface area contributed by atoms with Gasteiger partial charge in [0.2, 0.25) is 5.91 Å². The number of amides is 1. The lowest BCUT2D eigenvalue weighted by molar-refractivity contribution is -0.121. The number of nitrogens with one attached hydrogen (secondary N) is 2. The molecule has 2 rings (SSSR count). The van der Waals surface area contributed by atoms with E-state index in [9.17, 15) is 9.18 Å². The maximum Gasteiger partial charge on any atom is 0.220 e. The van der Waals surface area contributed by atoms with Gasteiger partial charge in [-0.3, -0.25) is 9.79 Å². The molecule has 1 amide bonds. The third kappa shape index (κ3) is 5.34. The smallest absolute Gasteiger partial charge is 0.220 e. The molecule has 0 spiro atoms. The van der Waals surface area contributed by atoms with E-state index >= 15 is 0 Å². The third-order valence-corrected chi connectivity index (χ3v) is 4.82. The van der Waals surface area contributed by atoms with Crippen LogP contribution in [0.5, 0.6) is 0 Å². The van der Waals surface area contributed by atoms with Gasteiger partial charge in [0, 0.05) is 54.2 Å². The molecule has 26 heavy (non-hydrogen) atoms. The fraction of sp³-hybridized carbons (Fsp3) is 0.579. The molecule has 1 heterocycles. The molecule has 1 aliphatic heterocycles. The van der Waals surface area contributed by atoms with Crippen LogP contribution in [-0.2, 0) is 11.3 Å². The number of rotatable bonds is 5. The van der Waals surface area contributed by atoms with Crippen molar-refractivity contribution in [3.05, 3.63) is 29.6 Å². The number of hydrogen-bond acceptors (Lipinski definition) is 3. The quantitative estimate of drug-likeness (QED) is 0.619. The fourth-order valence-electron chi connectivity index (χ4n) is 3.25. The molecule has 1 aromatic carbocycles. The molecule has 0 aromatic heterocycles. The summed E-state index contributed by atoms with van der Waals surface area (Å²) >= 11 is 0. The molecule has 0 aliphatic carbocycles. The highest BCUT2D eigenvalue weighted by Crippen LogP contribution is 2.21. The van der Waals surface area contributed by atoms with Gasteiger partial charge in [-0.15, -0.1) is 0 Å². The van der Waals surface area contributed by atoms with Crippen LogP contribution in [-0.4, -0.2) is 58.0 Å². The van der Waals surface area contributed by atoms with Crippen LogP contribution < -0.4 is 15.5 Å². The van der Waals surface area contributed by atoms with Crippen molar-refractivity contribution in [1.29, 1.82) is 0 Å². The molecular weight excluding hydrogens is 333 g/mol. The molecule has 7 heteroatoms. The lowest BCUT2D eigenvalue weighted by Crippen LogP contribution is -2.45. The topological polar surface area (TPSA) is 60.0 Å². The summed E-state index contributed by atoms with van der Waals surface area (Å²) in [5, 5.41) is 6.00. The van der Waals surface area contributed by atoms with E-state index in [0.717, 1.165) is 37.5 Å². The van der Waals surface area contributed by atoms with E-state index < -0.39 is 0 Å². The summed E-state index contributed by atoms with van der Waals surface area (Å²) < 4.78 is 14.1. The van der Waals surface area contributed by atoms with Crippen LogP contribution in [0.15, 0.2) is 23.2 Å². The number of aliphatic imine (C=N–C) groups is 1. The minimum Gasteiger partial charge on any atom is -0.375 e. The maximum absolute atomic E-state index is 14.1. The number of hydrogen-bond donors (Lipinski definition) is 2. The molecule has 0 saturated carbocycles. The summed E-state index contributed by atoms with van der Waals surface area (Å²) in [4.78, 5) is 19.8. The van der Waals surface area contributed by atoms with Crippen LogP contribution in [0.2, 0.25) is 0 Å². The molecule has 2 N–H and O–H groups in total. The average Bonchev–Trinajstić information content (AvgIpc) is 2.63. The fourth-order valence-corrected chi connectivity index (χ4v) is 3.25. The van der Waals surface area contributed by atoms with Crippen molar-refractivity contribution in [2.75, 3.05) is 46.2 Å². The number of piperidine rings is 1. The first-order valence-corrected chi connectivity index (χ1v) is 9.06. The number of likely N-dealkylation sites (tertiary alicyclic amines) is 1. The largest absolute Gasteiger partial charge is 0.375 e. The number of carbonyl (C=O) groups is 1. The summed E-state index contributed by atoms with van der Waals surface area (Å²) in [7, 11) is 7.09. The molecule has 1 aromatic rings. The van der Waals surface area contributed by atoms with Crippen molar-refractivity contribution in [1.82, 2.24) is 15.5 Å². The first-order valence-electron chi connectivity index (χ1n) is 9.06. The van der Waals surface area contributed by atoms with E-state index in [1.807, 2.05) is 20.2 Å². The van der Waals surface area contributed by atoms with Gasteiger partial charge >= 0.3 is 0 Å². The van der Waals surface area contributed by atoms with Crippen LogP contribution in [0.3, 0.4) is 0 Å². The minimum atomic E-state index is -0.223. The van der Waals surface area contributed by atoms with Crippen molar-refractivity contribution in [3.8, 4) is 0 Å². The van der Waals surface area contributed by atoms with Crippen LogP contribution in [0.25, 0.3) is 0 Å². The molecule has 1 saturated heterocycles. The van der Waals surface area contributed by atoms with Crippen molar-refractivity contribution in [3.63, 3.8) is 0 Å². The van der Waals surface area contributed by atoms with Crippen molar-refractivity contribution >= 4 is 17.6 Å². The second-order valence-corrected chi connectivity index (χ2v) is 6.89. The second-order valence-electron chi connectivity index (χ2n) is 6.89. The first kappa shape index (κ1) is 20.0.